The predicted molar refractivity (Wildman–Crippen MR) is 95.1 cm³/mol. The van der Waals surface area contributed by atoms with Crippen molar-refractivity contribution in [2.24, 2.45) is 11.8 Å². The molecule has 1 saturated carbocycles. The molecule has 0 saturated heterocycles. The second-order valence-electron chi connectivity index (χ2n) is 7.75. The summed E-state index contributed by atoms with van der Waals surface area (Å²) in [5.41, 5.74) is -0.320. The maximum absolute atomic E-state index is 13.0. The number of carbonyl (C=O) groups excluding carboxylic acids is 3. The van der Waals surface area contributed by atoms with E-state index >= 15 is 0 Å². The van der Waals surface area contributed by atoms with Crippen molar-refractivity contribution in [3.8, 4) is 6.07 Å². The third kappa shape index (κ3) is 3.10. The van der Waals surface area contributed by atoms with Crippen LogP contribution in [0.2, 0.25) is 0 Å². The van der Waals surface area contributed by atoms with Crippen LogP contribution >= 0.6 is 0 Å². The number of nitrogens with zero attached hydrogens (tertiary/aromatic N) is 2. The van der Waals surface area contributed by atoms with E-state index in [0.29, 0.717) is 17.5 Å². The van der Waals surface area contributed by atoms with Crippen molar-refractivity contribution in [2.75, 3.05) is 0 Å². The van der Waals surface area contributed by atoms with Gasteiger partial charge in [0.25, 0.3) is 11.8 Å². The Morgan fingerprint density at radius 1 is 1.27 bits per heavy atom. The maximum atomic E-state index is 13.0. The summed E-state index contributed by atoms with van der Waals surface area (Å²) < 4.78 is 0. The number of nitriles is 1. The van der Waals surface area contributed by atoms with Crippen molar-refractivity contribution in [3.05, 3.63) is 35.4 Å². The summed E-state index contributed by atoms with van der Waals surface area (Å²) in [7, 11) is 0. The van der Waals surface area contributed by atoms with Crippen LogP contribution in [-0.2, 0) is 4.79 Å². The number of amides is 3. The zero-order valence-electron chi connectivity index (χ0n) is 15.3. The third-order valence-electron chi connectivity index (χ3n) is 5.14. The fourth-order valence-corrected chi connectivity index (χ4v) is 3.49. The van der Waals surface area contributed by atoms with E-state index in [1.54, 1.807) is 31.2 Å². The Kier molecular flexibility index (Phi) is 4.57. The van der Waals surface area contributed by atoms with Crippen LogP contribution in [0.3, 0.4) is 0 Å². The fourth-order valence-electron chi connectivity index (χ4n) is 3.49. The van der Waals surface area contributed by atoms with Crippen molar-refractivity contribution in [1.82, 2.24) is 10.2 Å². The molecule has 0 unspecified atom stereocenters. The van der Waals surface area contributed by atoms with Crippen LogP contribution in [0, 0.1) is 23.2 Å². The Balaban J connectivity index is 1.90. The van der Waals surface area contributed by atoms with Gasteiger partial charge in [-0.05, 0) is 50.2 Å². The van der Waals surface area contributed by atoms with E-state index in [4.69, 9.17) is 0 Å². The van der Waals surface area contributed by atoms with E-state index in [9.17, 15) is 19.6 Å². The SMILES string of the molecule is CC(C)C[C@H](C(=O)N[C@@](C)(C#N)C1CC1)N1C(=O)c2ccccc2C1=O. The molecule has 26 heavy (non-hydrogen) atoms. The summed E-state index contributed by atoms with van der Waals surface area (Å²) in [6, 6.07) is 7.87. The molecule has 1 aliphatic heterocycles. The molecule has 6 nitrogen and oxygen atoms in total. The van der Waals surface area contributed by atoms with Gasteiger partial charge < -0.3 is 5.32 Å². The number of imide groups is 1. The summed E-state index contributed by atoms with van der Waals surface area (Å²) in [5.74, 6) is -1.11. The Labute approximate surface area is 153 Å². The lowest BCUT2D eigenvalue weighted by Gasteiger charge is -2.31. The molecule has 3 rings (SSSR count). The number of hydrogen-bond donors (Lipinski definition) is 1. The molecule has 6 heteroatoms. The molecule has 1 fully saturated rings. The van der Waals surface area contributed by atoms with Crippen LogP contribution in [0.25, 0.3) is 0 Å². The van der Waals surface area contributed by atoms with Gasteiger partial charge in [-0.3, -0.25) is 19.3 Å². The van der Waals surface area contributed by atoms with Gasteiger partial charge in [-0.15, -0.1) is 0 Å². The average Bonchev–Trinajstić information content (AvgIpc) is 3.42. The van der Waals surface area contributed by atoms with E-state index in [2.05, 4.69) is 11.4 Å². The summed E-state index contributed by atoms with van der Waals surface area (Å²) in [4.78, 5) is 39.6. The molecule has 1 aromatic carbocycles. The molecule has 0 spiro atoms. The van der Waals surface area contributed by atoms with E-state index in [1.165, 1.54) is 0 Å². The summed E-state index contributed by atoms with van der Waals surface area (Å²) in [5, 5.41) is 12.3. The number of nitrogens with one attached hydrogen (secondary N) is 1. The summed E-state index contributed by atoms with van der Waals surface area (Å²) in [6.07, 6.45) is 2.14. The van der Waals surface area contributed by atoms with Gasteiger partial charge in [0, 0.05) is 0 Å². The monoisotopic (exact) mass is 353 g/mol. The highest BCUT2D eigenvalue weighted by Gasteiger charge is 2.47. The van der Waals surface area contributed by atoms with Crippen molar-refractivity contribution >= 4 is 17.7 Å². The van der Waals surface area contributed by atoms with Gasteiger partial charge >= 0.3 is 0 Å². The summed E-state index contributed by atoms with van der Waals surface area (Å²) in [6.45, 7) is 5.57. The molecular formula is C20H23N3O3. The number of rotatable bonds is 6. The lowest BCUT2D eigenvalue weighted by atomic mass is 9.95. The first-order valence-corrected chi connectivity index (χ1v) is 8.98. The smallest absolute Gasteiger partial charge is 0.262 e. The quantitative estimate of drug-likeness (QED) is 0.796. The fraction of sp³-hybridized carbons (Fsp3) is 0.500. The zero-order chi connectivity index (χ0) is 19.1. The first-order valence-electron chi connectivity index (χ1n) is 8.98. The number of hydrogen-bond acceptors (Lipinski definition) is 4. The number of benzene rings is 1. The average molecular weight is 353 g/mol. The second kappa shape index (κ2) is 6.56. The largest absolute Gasteiger partial charge is 0.336 e. The highest BCUT2D eigenvalue weighted by molar-refractivity contribution is 6.22. The van der Waals surface area contributed by atoms with E-state index in [-0.39, 0.29) is 11.8 Å². The molecule has 2 atom stereocenters. The van der Waals surface area contributed by atoms with Crippen molar-refractivity contribution in [2.45, 2.75) is 51.6 Å². The van der Waals surface area contributed by atoms with Crippen LogP contribution in [0.5, 0.6) is 0 Å². The minimum absolute atomic E-state index is 0.101. The van der Waals surface area contributed by atoms with Gasteiger partial charge in [0.2, 0.25) is 5.91 Å². The molecule has 0 bridgehead atoms. The highest BCUT2D eigenvalue weighted by atomic mass is 16.2. The lowest BCUT2D eigenvalue weighted by molar-refractivity contribution is -0.127. The maximum Gasteiger partial charge on any atom is 0.262 e. The van der Waals surface area contributed by atoms with Gasteiger partial charge in [-0.25, -0.2) is 0 Å². The van der Waals surface area contributed by atoms with Crippen LogP contribution in [0.15, 0.2) is 24.3 Å². The molecule has 3 amide bonds. The van der Waals surface area contributed by atoms with Gasteiger partial charge in [0.15, 0.2) is 0 Å². The molecule has 1 N–H and O–H groups in total. The van der Waals surface area contributed by atoms with E-state index < -0.39 is 29.3 Å². The molecule has 0 aromatic heterocycles. The Hall–Kier alpha value is -2.68. The van der Waals surface area contributed by atoms with E-state index in [1.807, 2.05) is 13.8 Å². The third-order valence-corrected chi connectivity index (χ3v) is 5.14. The minimum Gasteiger partial charge on any atom is -0.336 e. The first-order chi connectivity index (χ1) is 12.3. The lowest BCUT2D eigenvalue weighted by Crippen LogP contribution is -2.56. The molecule has 136 valence electrons. The van der Waals surface area contributed by atoms with Crippen LogP contribution in [0.1, 0.15) is 60.7 Å². The highest BCUT2D eigenvalue weighted by Crippen LogP contribution is 2.39. The molecular weight excluding hydrogens is 330 g/mol. The van der Waals surface area contributed by atoms with Crippen molar-refractivity contribution in [1.29, 1.82) is 5.26 Å². The standard InChI is InChI=1S/C20H23N3O3/c1-12(2)10-16(17(24)22-20(3,11-21)13-8-9-13)23-18(25)14-6-4-5-7-15(14)19(23)26/h4-7,12-13,16H,8-10H2,1-3H3,(H,22,24)/t16-,20+/m1/s1. The van der Waals surface area contributed by atoms with Crippen LogP contribution in [0.4, 0.5) is 0 Å². The van der Waals surface area contributed by atoms with Crippen molar-refractivity contribution < 1.29 is 14.4 Å². The Morgan fingerprint density at radius 3 is 2.23 bits per heavy atom. The second-order valence-corrected chi connectivity index (χ2v) is 7.75. The Morgan fingerprint density at radius 2 is 1.81 bits per heavy atom. The molecule has 1 aromatic rings. The van der Waals surface area contributed by atoms with Gasteiger partial charge in [0.05, 0.1) is 17.2 Å². The van der Waals surface area contributed by atoms with Crippen LogP contribution in [-0.4, -0.2) is 34.2 Å². The van der Waals surface area contributed by atoms with Gasteiger partial charge in [0.1, 0.15) is 11.6 Å². The molecule has 1 heterocycles. The molecule has 0 radical (unpaired) electrons. The topological polar surface area (TPSA) is 90.3 Å². The van der Waals surface area contributed by atoms with E-state index in [0.717, 1.165) is 17.7 Å². The van der Waals surface area contributed by atoms with Gasteiger partial charge in [-0.1, -0.05) is 26.0 Å². The number of fused-ring (bicyclic) bond motifs is 1. The predicted octanol–water partition coefficient (Wildman–Crippen LogP) is 2.51. The Bertz CT molecular complexity index is 772. The van der Waals surface area contributed by atoms with Crippen molar-refractivity contribution in [3.63, 3.8) is 0 Å². The minimum atomic E-state index is -0.967. The first kappa shape index (κ1) is 18.1. The number of carbonyl (C=O) groups is 3. The van der Waals surface area contributed by atoms with Gasteiger partial charge in [-0.2, -0.15) is 5.26 Å². The molecule has 1 aliphatic carbocycles. The van der Waals surface area contributed by atoms with Crippen LogP contribution < -0.4 is 5.32 Å². The zero-order valence-corrected chi connectivity index (χ0v) is 15.3. The molecule has 2 aliphatic rings. The summed E-state index contributed by atoms with van der Waals surface area (Å²) >= 11 is 0. The normalized spacial score (nSPS) is 19.7.